The van der Waals surface area contributed by atoms with Gasteiger partial charge in [-0.25, -0.2) is 13.8 Å². The van der Waals surface area contributed by atoms with E-state index in [0.29, 0.717) is 17.0 Å². The van der Waals surface area contributed by atoms with Crippen molar-refractivity contribution in [2.24, 2.45) is 5.10 Å². The maximum absolute atomic E-state index is 12.5. The lowest BCUT2D eigenvalue weighted by molar-refractivity contribution is 0.0954. The Morgan fingerprint density at radius 1 is 0.966 bits per heavy atom. The molecule has 0 unspecified atom stereocenters. The first-order valence-electron chi connectivity index (χ1n) is 8.80. The number of rotatable bonds is 6. The van der Waals surface area contributed by atoms with Crippen LogP contribution in [0.1, 0.15) is 28.4 Å². The molecule has 0 atom stereocenters. The molecule has 8 heteroatoms. The third-order valence-electron chi connectivity index (χ3n) is 4.14. The van der Waals surface area contributed by atoms with Crippen molar-refractivity contribution in [3.8, 4) is 0 Å². The van der Waals surface area contributed by atoms with E-state index in [1.54, 1.807) is 73.8 Å². The Morgan fingerprint density at radius 3 is 2.28 bits per heavy atom. The van der Waals surface area contributed by atoms with Crippen LogP contribution >= 0.6 is 0 Å². The number of sulfonamides is 1. The summed E-state index contributed by atoms with van der Waals surface area (Å²) in [6.07, 6.45) is 3.04. The van der Waals surface area contributed by atoms with Crippen molar-refractivity contribution in [3.05, 3.63) is 89.7 Å². The highest BCUT2D eigenvalue weighted by molar-refractivity contribution is 7.92. The zero-order valence-electron chi connectivity index (χ0n) is 16.0. The second-order valence-corrected chi connectivity index (χ2v) is 8.06. The van der Waals surface area contributed by atoms with Gasteiger partial charge in [-0.1, -0.05) is 29.8 Å². The molecule has 0 saturated heterocycles. The second-order valence-electron chi connectivity index (χ2n) is 6.38. The van der Waals surface area contributed by atoms with Crippen LogP contribution in [0.4, 0.5) is 5.69 Å². The van der Waals surface area contributed by atoms with Gasteiger partial charge in [0.25, 0.3) is 15.9 Å². The smallest absolute Gasteiger partial charge is 0.272 e. The number of hydrogen-bond acceptors (Lipinski definition) is 5. The fourth-order valence-electron chi connectivity index (χ4n) is 2.47. The van der Waals surface area contributed by atoms with E-state index in [9.17, 15) is 13.2 Å². The molecule has 3 rings (SSSR count). The van der Waals surface area contributed by atoms with E-state index in [1.807, 2.05) is 6.92 Å². The molecular weight excluding hydrogens is 388 g/mol. The summed E-state index contributed by atoms with van der Waals surface area (Å²) in [4.78, 5) is 16.1. The largest absolute Gasteiger partial charge is 0.280 e. The number of amides is 1. The van der Waals surface area contributed by atoms with E-state index in [1.165, 1.54) is 6.20 Å². The standard InChI is InChI=1S/C21H20N4O3S/c1-15-5-11-20(12-6-15)29(27,28)25-19-9-7-17(8-10-19)16(2)23-24-21(26)18-4-3-13-22-14-18/h3-14,25H,1-2H3,(H,24,26). The van der Waals surface area contributed by atoms with Crippen LogP contribution in [0.3, 0.4) is 0 Å². The zero-order valence-corrected chi connectivity index (χ0v) is 16.8. The topological polar surface area (TPSA) is 101 Å². The number of benzene rings is 2. The fourth-order valence-corrected chi connectivity index (χ4v) is 3.53. The highest BCUT2D eigenvalue weighted by Gasteiger charge is 2.14. The van der Waals surface area contributed by atoms with Crippen molar-refractivity contribution in [2.45, 2.75) is 18.7 Å². The SMILES string of the molecule is CC(=NNC(=O)c1cccnc1)c1ccc(NS(=O)(=O)c2ccc(C)cc2)cc1. The maximum Gasteiger partial charge on any atom is 0.272 e. The summed E-state index contributed by atoms with van der Waals surface area (Å²) in [5.41, 5.74) is 5.62. The number of aromatic nitrogens is 1. The third-order valence-corrected chi connectivity index (χ3v) is 5.53. The molecular formula is C21H20N4O3S. The molecule has 2 aromatic carbocycles. The van der Waals surface area contributed by atoms with Gasteiger partial charge in [-0.3, -0.25) is 14.5 Å². The van der Waals surface area contributed by atoms with Crippen molar-refractivity contribution < 1.29 is 13.2 Å². The summed E-state index contributed by atoms with van der Waals surface area (Å²) >= 11 is 0. The first kappa shape index (κ1) is 20.2. The molecule has 1 amide bonds. The number of nitrogens with one attached hydrogen (secondary N) is 2. The van der Waals surface area contributed by atoms with Gasteiger partial charge in [0.2, 0.25) is 0 Å². The van der Waals surface area contributed by atoms with Crippen LogP contribution in [0, 0.1) is 6.92 Å². The second kappa shape index (κ2) is 8.66. The summed E-state index contributed by atoms with van der Waals surface area (Å²) in [6.45, 7) is 3.64. The molecule has 148 valence electrons. The van der Waals surface area contributed by atoms with Gasteiger partial charge < -0.3 is 0 Å². The van der Waals surface area contributed by atoms with E-state index in [4.69, 9.17) is 0 Å². The Morgan fingerprint density at radius 2 is 1.66 bits per heavy atom. The number of carbonyl (C=O) groups is 1. The van der Waals surface area contributed by atoms with Crippen molar-refractivity contribution in [2.75, 3.05) is 4.72 Å². The average Bonchev–Trinajstić information content (AvgIpc) is 2.73. The van der Waals surface area contributed by atoms with Crippen LogP contribution < -0.4 is 10.1 Å². The first-order valence-corrected chi connectivity index (χ1v) is 10.3. The van der Waals surface area contributed by atoms with E-state index in [2.05, 4.69) is 20.2 Å². The summed E-state index contributed by atoms with van der Waals surface area (Å²) in [5.74, 6) is -0.361. The lowest BCUT2D eigenvalue weighted by Gasteiger charge is -2.09. The van der Waals surface area contributed by atoms with Gasteiger partial charge in [0, 0.05) is 18.1 Å². The van der Waals surface area contributed by atoms with Gasteiger partial charge in [0.15, 0.2) is 0 Å². The molecule has 3 aromatic rings. The number of hydrogen-bond donors (Lipinski definition) is 2. The maximum atomic E-state index is 12.5. The number of aryl methyl sites for hydroxylation is 1. The highest BCUT2D eigenvalue weighted by Crippen LogP contribution is 2.17. The Balaban J connectivity index is 1.67. The molecule has 0 spiro atoms. The molecule has 0 bridgehead atoms. The zero-order chi connectivity index (χ0) is 20.9. The number of pyridine rings is 1. The first-order chi connectivity index (χ1) is 13.8. The van der Waals surface area contributed by atoms with Crippen LogP contribution in [0.5, 0.6) is 0 Å². The number of anilines is 1. The van der Waals surface area contributed by atoms with Crippen LogP contribution in [0.2, 0.25) is 0 Å². The minimum Gasteiger partial charge on any atom is -0.280 e. The monoisotopic (exact) mass is 408 g/mol. The highest BCUT2D eigenvalue weighted by atomic mass is 32.2. The molecule has 7 nitrogen and oxygen atoms in total. The Hall–Kier alpha value is -3.52. The van der Waals surface area contributed by atoms with Gasteiger partial charge in [0.05, 0.1) is 16.2 Å². The number of nitrogens with zero attached hydrogens (tertiary/aromatic N) is 2. The molecule has 0 aliphatic rings. The van der Waals surface area contributed by atoms with Gasteiger partial charge in [-0.2, -0.15) is 5.10 Å². The third kappa shape index (κ3) is 5.26. The average molecular weight is 408 g/mol. The quantitative estimate of drug-likeness (QED) is 0.482. The lowest BCUT2D eigenvalue weighted by Crippen LogP contribution is -2.19. The Labute approximate surface area is 169 Å². The van der Waals surface area contributed by atoms with Crippen molar-refractivity contribution in [3.63, 3.8) is 0 Å². The van der Waals surface area contributed by atoms with Crippen LogP contribution in [0.15, 0.2) is 83.1 Å². The molecule has 1 aromatic heterocycles. The molecule has 2 N–H and O–H groups in total. The van der Waals surface area contributed by atoms with Crippen LogP contribution in [-0.4, -0.2) is 25.0 Å². The summed E-state index contributed by atoms with van der Waals surface area (Å²) in [5, 5.41) is 4.08. The summed E-state index contributed by atoms with van der Waals surface area (Å²) in [7, 11) is -3.66. The Bertz CT molecular complexity index is 1120. The summed E-state index contributed by atoms with van der Waals surface area (Å²) in [6, 6.07) is 16.7. The number of carbonyl (C=O) groups excluding carboxylic acids is 1. The van der Waals surface area contributed by atoms with Crippen LogP contribution in [0.25, 0.3) is 0 Å². The molecule has 29 heavy (non-hydrogen) atoms. The molecule has 0 aliphatic carbocycles. The van der Waals surface area contributed by atoms with E-state index >= 15 is 0 Å². The predicted molar refractivity (Wildman–Crippen MR) is 112 cm³/mol. The minimum atomic E-state index is -3.66. The van der Waals surface area contributed by atoms with Gasteiger partial charge in [-0.05, 0) is 55.8 Å². The van der Waals surface area contributed by atoms with E-state index in [0.717, 1.165) is 11.1 Å². The molecule has 0 fully saturated rings. The molecule has 1 heterocycles. The fraction of sp³-hybridized carbons (Fsp3) is 0.0952. The molecule has 0 saturated carbocycles. The van der Waals surface area contributed by atoms with Gasteiger partial charge in [-0.15, -0.1) is 0 Å². The number of hydrazone groups is 1. The Kier molecular flexibility index (Phi) is 6.04. The van der Waals surface area contributed by atoms with E-state index in [-0.39, 0.29) is 10.8 Å². The molecule has 0 radical (unpaired) electrons. The predicted octanol–water partition coefficient (Wildman–Crippen LogP) is 3.34. The van der Waals surface area contributed by atoms with Gasteiger partial charge in [0.1, 0.15) is 0 Å². The lowest BCUT2D eigenvalue weighted by atomic mass is 10.1. The van der Waals surface area contributed by atoms with Crippen molar-refractivity contribution in [1.82, 2.24) is 10.4 Å². The normalized spacial score (nSPS) is 11.7. The molecule has 0 aliphatic heterocycles. The van der Waals surface area contributed by atoms with Crippen molar-refractivity contribution >= 4 is 27.3 Å². The van der Waals surface area contributed by atoms with Crippen molar-refractivity contribution in [1.29, 1.82) is 0 Å². The van der Waals surface area contributed by atoms with Crippen LogP contribution in [-0.2, 0) is 10.0 Å². The minimum absolute atomic E-state index is 0.197. The van der Waals surface area contributed by atoms with E-state index < -0.39 is 10.0 Å². The van der Waals surface area contributed by atoms with Gasteiger partial charge >= 0.3 is 0 Å². The summed E-state index contributed by atoms with van der Waals surface area (Å²) < 4.78 is 27.5.